The summed E-state index contributed by atoms with van der Waals surface area (Å²) in [5, 5.41) is 1.64. The van der Waals surface area contributed by atoms with Gasteiger partial charge in [0.1, 0.15) is 16.6 Å². The fourth-order valence-electron chi connectivity index (χ4n) is 5.52. The average molecular weight is 424 g/mol. The van der Waals surface area contributed by atoms with Gasteiger partial charge in [-0.1, -0.05) is 11.6 Å². The molecule has 1 aliphatic heterocycles. The molecule has 0 radical (unpaired) electrons. The lowest BCUT2D eigenvalue weighted by atomic mass is 9.77. The van der Waals surface area contributed by atoms with E-state index in [2.05, 4.69) is 51.0 Å². The van der Waals surface area contributed by atoms with Crippen LogP contribution < -0.4 is 4.90 Å². The molecule has 1 saturated carbocycles. The van der Waals surface area contributed by atoms with Crippen molar-refractivity contribution in [2.45, 2.75) is 38.1 Å². The third kappa shape index (κ3) is 3.81. The van der Waals surface area contributed by atoms with Crippen LogP contribution in [0.1, 0.15) is 32.1 Å². The molecule has 4 heterocycles. The molecule has 3 aromatic heterocycles. The Morgan fingerprint density at radius 3 is 2.73 bits per heavy atom. The lowest BCUT2D eigenvalue weighted by Gasteiger charge is -2.37. The summed E-state index contributed by atoms with van der Waals surface area (Å²) in [4.78, 5) is 17.2. The number of hydrogen-bond acceptors (Lipinski definition) is 4. The number of hydrogen-bond donors (Lipinski definition) is 1. The highest BCUT2D eigenvalue weighted by molar-refractivity contribution is 6.29. The van der Waals surface area contributed by atoms with Gasteiger partial charge in [-0.2, -0.15) is 0 Å². The summed E-state index contributed by atoms with van der Waals surface area (Å²) < 4.78 is 0. The normalized spacial score (nSPS) is 25.1. The second-order valence-corrected chi connectivity index (χ2v) is 9.52. The number of H-pyrrole nitrogens is 1. The fraction of sp³-hybridized carbons (Fsp3) is 0.500. The number of fused-ring (bicyclic) bond motifs is 1. The highest BCUT2D eigenvalue weighted by Crippen LogP contribution is 2.38. The number of halogens is 1. The smallest absolute Gasteiger partial charge is 0.137 e. The molecule has 30 heavy (non-hydrogen) atoms. The predicted molar refractivity (Wildman–Crippen MR) is 124 cm³/mol. The van der Waals surface area contributed by atoms with E-state index in [1.165, 1.54) is 45.2 Å². The quantitative estimate of drug-likeness (QED) is 0.584. The maximum absolute atomic E-state index is 6.46. The van der Waals surface area contributed by atoms with Crippen molar-refractivity contribution in [1.29, 1.82) is 0 Å². The SMILES string of the molecule is CN1CCC(C2CCC(N(C)c3cc(-c4c[nH]c5ncccc45)cc(Cl)n3)CC2)C1. The minimum atomic E-state index is 0.531. The molecule has 1 atom stereocenters. The van der Waals surface area contributed by atoms with Gasteiger partial charge in [-0.25, -0.2) is 9.97 Å². The first kappa shape index (κ1) is 19.8. The number of aromatic nitrogens is 3. The third-order valence-electron chi connectivity index (χ3n) is 7.29. The van der Waals surface area contributed by atoms with Gasteiger partial charge in [0.25, 0.3) is 0 Å². The number of nitrogens with one attached hydrogen (secondary N) is 1. The van der Waals surface area contributed by atoms with Crippen LogP contribution in [0, 0.1) is 11.8 Å². The standard InChI is InChI=1S/C24H30ClN5/c1-29-11-9-17(15-29)16-5-7-19(8-6-16)30(2)23-13-18(12-22(25)28-23)21-14-27-24-20(21)4-3-10-26-24/h3-4,10,12-14,16-17,19H,5-9,11,15H2,1-2H3,(H,26,27). The molecule has 0 aromatic carbocycles. The van der Waals surface area contributed by atoms with Gasteiger partial charge in [-0.15, -0.1) is 0 Å². The molecule has 0 spiro atoms. The molecule has 1 N–H and O–H groups in total. The molecule has 158 valence electrons. The van der Waals surface area contributed by atoms with Crippen LogP contribution in [0.25, 0.3) is 22.2 Å². The molecule has 0 amide bonds. The van der Waals surface area contributed by atoms with Crippen LogP contribution in [0.15, 0.2) is 36.7 Å². The molecule has 0 bridgehead atoms. The monoisotopic (exact) mass is 423 g/mol. The van der Waals surface area contributed by atoms with E-state index in [9.17, 15) is 0 Å². The molecule has 1 saturated heterocycles. The molecular weight excluding hydrogens is 394 g/mol. The van der Waals surface area contributed by atoms with Crippen molar-refractivity contribution in [3.8, 4) is 11.1 Å². The van der Waals surface area contributed by atoms with E-state index in [1.54, 1.807) is 6.20 Å². The molecule has 1 aliphatic carbocycles. The van der Waals surface area contributed by atoms with E-state index in [4.69, 9.17) is 11.6 Å². The van der Waals surface area contributed by atoms with Gasteiger partial charge in [0.2, 0.25) is 0 Å². The van der Waals surface area contributed by atoms with Crippen molar-refractivity contribution in [3.05, 3.63) is 41.8 Å². The Kier molecular flexibility index (Phi) is 5.42. The highest BCUT2D eigenvalue weighted by atomic mass is 35.5. The molecule has 1 unspecified atom stereocenters. The number of rotatable bonds is 4. The van der Waals surface area contributed by atoms with Crippen molar-refractivity contribution < 1.29 is 0 Å². The molecule has 5 nitrogen and oxygen atoms in total. The Bertz CT molecular complexity index is 1020. The summed E-state index contributed by atoms with van der Waals surface area (Å²) >= 11 is 6.46. The zero-order chi connectivity index (χ0) is 20.7. The van der Waals surface area contributed by atoms with Gasteiger partial charge < -0.3 is 14.8 Å². The number of pyridine rings is 2. The van der Waals surface area contributed by atoms with Crippen LogP contribution in [0.4, 0.5) is 5.82 Å². The van der Waals surface area contributed by atoms with Crippen LogP contribution in [-0.2, 0) is 0 Å². The van der Waals surface area contributed by atoms with Crippen LogP contribution in [0.3, 0.4) is 0 Å². The van der Waals surface area contributed by atoms with Crippen molar-refractivity contribution in [1.82, 2.24) is 19.9 Å². The van der Waals surface area contributed by atoms with Crippen LogP contribution in [0.5, 0.6) is 0 Å². The minimum absolute atomic E-state index is 0.531. The van der Waals surface area contributed by atoms with Gasteiger partial charge in [0.05, 0.1) is 0 Å². The van der Waals surface area contributed by atoms with Crippen molar-refractivity contribution in [2.75, 3.05) is 32.1 Å². The van der Waals surface area contributed by atoms with Crippen LogP contribution >= 0.6 is 11.6 Å². The average Bonchev–Trinajstić information content (AvgIpc) is 3.39. The van der Waals surface area contributed by atoms with E-state index in [0.717, 1.165) is 39.8 Å². The van der Waals surface area contributed by atoms with E-state index in [0.29, 0.717) is 11.2 Å². The summed E-state index contributed by atoms with van der Waals surface area (Å²) in [7, 11) is 4.43. The number of likely N-dealkylation sites (tertiary alicyclic amines) is 1. The Hall–Kier alpha value is -2.11. The van der Waals surface area contributed by atoms with E-state index in [1.807, 2.05) is 18.3 Å². The molecule has 3 aromatic rings. The van der Waals surface area contributed by atoms with E-state index in [-0.39, 0.29) is 0 Å². The lowest BCUT2D eigenvalue weighted by Crippen LogP contribution is -2.37. The highest BCUT2D eigenvalue weighted by Gasteiger charge is 2.32. The zero-order valence-corrected chi connectivity index (χ0v) is 18.6. The molecule has 2 aliphatic rings. The zero-order valence-electron chi connectivity index (χ0n) is 17.8. The number of nitrogens with zero attached hydrogens (tertiary/aromatic N) is 4. The van der Waals surface area contributed by atoms with E-state index >= 15 is 0 Å². The van der Waals surface area contributed by atoms with Crippen LogP contribution in [0.2, 0.25) is 5.15 Å². The second-order valence-electron chi connectivity index (χ2n) is 9.13. The molecule has 5 rings (SSSR count). The maximum Gasteiger partial charge on any atom is 0.137 e. The van der Waals surface area contributed by atoms with Crippen molar-refractivity contribution in [2.24, 2.45) is 11.8 Å². The summed E-state index contributed by atoms with van der Waals surface area (Å²) in [5.41, 5.74) is 3.09. The van der Waals surface area contributed by atoms with Gasteiger partial charge in [0, 0.05) is 43.0 Å². The van der Waals surface area contributed by atoms with Gasteiger partial charge >= 0.3 is 0 Å². The topological polar surface area (TPSA) is 48.0 Å². The summed E-state index contributed by atoms with van der Waals surface area (Å²) in [5.74, 6) is 2.74. The van der Waals surface area contributed by atoms with Crippen molar-refractivity contribution in [3.63, 3.8) is 0 Å². The third-order valence-corrected chi connectivity index (χ3v) is 7.48. The van der Waals surface area contributed by atoms with Gasteiger partial charge in [-0.3, -0.25) is 0 Å². The molecular formula is C24H30ClN5. The summed E-state index contributed by atoms with van der Waals surface area (Å²) in [6.07, 6.45) is 10.3. The first-order valence-corrected chi connectivity index (χ1v) is 11.5. The van der Waals surface area contributed by atoms with Gasteiger partial charge in [-0.05, 0) is 87.4 Å². The Morgan fingerprint density at radius 1 is 1.13 bits per heavy atom. The summed E-state index contributed by atoms with van der Waals surface area (Å²) in [6.45, 7) is 2.55. The Balaban J connectivity index is 1.33. The largest absolute Gasteiger partial charge is 0.357 e. The number of anilines is 1. The maximum atomic E-state index is 6.46. The first-order chi connectivity index (χ1) is 14.6. The summed E-state index contributed by atoms with van der Waals surface area (Å²) in [6, 6.07) is 8.70. The second kappa shape index (κ2) is 8.20. The number of aromatic amines is 1. The Labute approximate surface area is 183 Å². The van der Waals surface area contributed by atoms with E-state index < -0.39 is 0 Å². The molecule has 2 fully saturated rings. The fourth-order valence-corrected chi connectivity index (χ4v) is 5.72. The van der Waals surface area contributed by atoms with Crippen LogP contribution in [-0.4, -0.2) is 53.1 Å². The first-order valence-electron chi connectivity index (χ1n) is 11.1. The predicted octanol–water partition coefficient (Wildman–Crippen LogP) is 5.23. The Morgan fingerprint density at radius 2 is 1.97 bits per heavy atom. The van der Waals surface area contributed by atoms with Crippen molar-refractivity contribution >= 4 is 28.5 Å². The van der Waals surface area contributed by atoms with Gasteiger partial charge in [0.15, 0.2) is 0 Å². The molecule has 6 heteroatoms. The minimum Gasteiger partial charge on any atom is -0.357 e. The lowest BCUT2D eigenvalue weighted by molar-refractivity contribution is 0.230.